The lowest BCUT2D eigenvalue weighted by atomic mass is 10.1. The molecular formula is C12H18N2OS2. The Morgan fingerprint density at radius 3 is 2.47 bits per heavy atom. The minimum Gasteiger partial charge on any atom is -0.393 e. The average Bonchev–Trinajstić information content (AvgIpc) is 2.56. The maximum atomic E-state index is 11.8. The molecule has 1 heterocycles. The third-order valence-electron chi connectivity index (χ3n) is 2.72. The Kier molecular flexibility index (Phi) is 4.65. The van der Waals surface area contributed by atoms with Crippen molar-refractivity contribution in [1.82, 2.24) is 5.32 Å². The molecule has 3 nitrogen and oxygen atoms in total. The molecule has 0 aliphatic heterocycles. The first-order chi connectivity index (χ1) is 7.82. The summed E-state index contributed by atoms with van der Waals surface area (Å²) in [5, 5.41) is 2.93. The Labute approximate surface area is 111 Å². The van der Waals surface area contributed by atoms with Crippen LogP contribution >= 0.6 is 23.6 Å². The molecule has 2 atom stereocenters. The van der Waals surface area contributed by atoms with Gasteiger partial charge in [-0.2, -0.15) is 0 Å². The second-order valence-electron chi connectivity index (χ2n) is 4.22. The summed E-state index contributed by atoms with van der Waals surface area (Å²) >= 11 is 6.55. The largest absolute Gasteiger partial charge is 0.393 e. The summed E-state index contributed by atoms with van der Waals surface area (Å²) < 4.78 is 0. The van der Waals surface area contributed by atoms with Gasteiger partial charge in [0.1, 0.15) is 0 Å². The van der Waals surface area contributed by atoms with Crippen LogP contribution in [-0.4, -0.2) is 10.9 Å². The van der Waals surface area contributed by atoms with Crippen LogP contribution in [0.1, 0.15) is 35.2 Å². The Balaban J connectivity index is 2.73. The van der Waals surface area contributed by atoms with Crippen molar-refractivity contribution in [2.24, 2.45) is 11.7 Å². The molecule has 0 radical (unpaired) electrons. The quantitative estimate of drug-likeness (QED) is 0.826. The maximum Gasteiger partial charge on any atom is 0.230 e. The highest BCUT2D eigenvalue weighted by atomic mass is 32.1. The molecule has 1 aromatic rings. The van der Waals surface area contributed by atoms with Gasteiger partial charge in [-0.3, -0.25) is 4.79 Å². The predicted molar refractivity (Wildman–Crippen MR) is 76.3 cm³/mol. The van der Waals surface area contributed by atoms with Crippen LogP contribution in [0, 0.1) is 19.8 Å². The molecule has 0 saturated heterocycles. The number of amides is 1. The third-order valence-corrected chi connectivity index (χ3v) is 4.06. The number of carbonyl (C=O) groups is 1. The van der Waals surface area contributed by atoms with Crippen LogP contribution in [0.4, 0.5) is 0 Å². The predicted octanol–water partition coefficient (Wildman–Crippen LogP) is 2.46. The lowest BCUT2D eigenvalue weighted by Crippen LogP contribution is -2.37. The van der Waals surface area contributed by atoms with E-state index in [1.165, 1.54) is 9.75 Å². The molecule has 2 unspecified atom stereocenters. The first-order valence-corrected chi connectivity index (χ1v) is 6.72. The molecule has 0 aromatic carbocycles. The first-order valence-electron chi connectivity index (χ1n) is 5.49. The molecule has 0 aliphatic carbocycles. The number of nitrogens with one attached hydrogen (secondary N) is 1. The zero-order valence-corrected chi connectivity index (χ0v) is 12.2. The monoisotopic (exact) mass is 270 g/mol. The molecule has 0 saturated carbocycles. The summed E-state index contributed by atoms with van der Waals surface area (Å²) in [6, 6.07) is 2.10. The van der Waals surface area contributed by atoms with Gasteiger partial charge in [0, 0.05) is 9.75 Å². The topological polar surface area (TPSA) is 55.1 Å². The summed E-state index contributed by atoms with van der Waals surface area (Å²) in [5.74, 6) is -0.541. The zero-order chi connectivity index (χ0) is 13.2. The first kappa shape index (κ1) is 14.1. The van der Waals surface area contributed by atoms with E-state index in [0.29, 0.717) is 0 Å². The molecule has 17 heavy (non-hydrogen) atoms. The van der Waals surface area contributed by atoms with E-state index in [0.717, 1.165) is 5.56 Å². The SMILES string of the molecule is Cc1cc(C(C)NC(=O)C(C)C(N)=S)c(C)s1. The van der Waals surface area contributed by atoms with E-state index in [1.807, 2.05) is 6.92 Å². The number of hydrogen-bond acceptors (Lipinski definition) is 3. The zero-order valence-electron chi connectivity index (χ0n) is 10.5. The van der Waals surface area contributed by atoms with Crippen molar-refractivity contribution in [2.75, 3.05) is 0 Å². The maximum absolute atomic E-state index is 11.8. The van der Waals surface area contributed by atoms with Gasteiger partial charge < -0.3 is 11.1 Å². The summed E-state index contributed by atoms with van der Waals surface area (Å²) in [7, 11) is 0. The van der Waals surface area contributed by atoms with Gasteiger partial charge in [-0.15, -0.1) is 11.3 Å². The fourth-order valence-corrected chi connectivity index (χ4v) is 2.76. The van der Waals surface area contributed by atoms with E-state index >= 15 is 0 Å². The van der Waals surface area contributed by atoms with Crippen LogP contribution in [0.15, 0.2) is 6.07 Å². The lowest BCUT2D eigenvalue weighted by Gasteiger charge is -2.17. The number of thiophene rings is 1. The minimum atomic E-state index is -0.424. The van der Waals surface area contributed by atoms with Crippen molar-refractivity contribution >= 4 is 34.5 Å². The highest BCUT2D eigenvalue weighted by Crippen LogP contribution is 2.26. The number of carbonyl (C=O) groups excluding carboxylic acids is 1. The Hall–Kier alpha value is -0.940. The van der Waals surface area contributed by atoms with Crippen LogP contribution in [-0.2, 0) is 4.79 Å². The highest BCUT2D eigenvalue weighted by molar-refractivity contribution is 7.80. The molecule has 1 rings (SSSR count). The van der Waals surface area contributed by atoms with E-state index in [-0.39, 0.29) is 16.9 Å². The molecule has 0 aliphatic rings. The number of thiocarbonyl (C=S) groups is 1. The summed E-state index contributed by atoms with van der Waals surface area (Å²) in [4.78, 5) is 14.5. The van der Waals surface area contributed by atoms with E-state index in [4.69, 9.17) is 18.0 Å². The van der Waals surface area contributed by atoms with Crippen LogP contribution in [0.25, 0.3) is 0 Å². The van der Waals surface area contributed by atoms with Gasteiger partial charge in [-0.05, 0) is 39.3 Å². The molecule has 1 amide bonds. The molecule has 5 heteroatoms. The lowest BCUT2D eigenvalue weighted by molar-refractivity contribution is -0.123. The highest BCUT2D eigenvalue weighted by Gasteiger charge is 2.19. The summed E-state index contributed by atoms with van der Waals surface area (Å²) in [6.45, 7) is 7.81. The van der Waals surface area contributed by atoms with Gasteiger partial charge in [0.2, 0.25) is 5.91 Å². The van der Waals surface area contributed by atoms with Crippen LogP contribution in [0.3, 0.4) is 0 Å². The van der Waals surface area contributed by atoms with Crippen molar-refractivity contribution < 1.29 is 4.79 Å². The number of rotatable bonds is 4. The van der Waals surface area contributed by atoms with Crippen molar-refractivity contribution in [3.63, 3.8) is 0 Å². The molecule has 0 bridgehead atoms. The van der Waals surface area contributed by atoms with Gasteiger partial charge in [0.25, 0.3) is 0 Å². The Morgan fingerprint density at radius 1 is 1.47 bits per heavy atom. The smallest absolute Gasteiger partial charge is 0.230 e. The molecule has 1 aromatic heterocycles. The van der Waals surface area contributed by atoms with Crippen molar-refractivity contribution in [3.8, 4) is 0 Å². The van der Waals surface area contributed by atoms with Gasteiger partial charge >= 0.3 is 0 Å². The minimum absolute atomic E-state index is 0.00995. The summed E-state index contributed by atoms with van der Waals surface area (Å²) in [5.41, 5.74) is 6.62. The number of aryl methyl sites for hydroxylation is 2. The van der Waals surface area contributed by atoms with E-state index in [1.54, 1.807) is 18.3 Å². The number of nitrogens with two attached hydrogens (primary N) is 1. The van der Waals surface area contributed by atoms with Gasteiger partial charge in [0.05, 0.1) is 16.9 Å². The Bertz CT molecular complexity index is 440. The second kappa shape index (κ2) is 5.60. The van der Waals surface area contributed by atoms with Gasteiger partial charge in [-0.1, -0.05) is 12.2 Å². The van der Waals surface area contributed by atoms with Crippen molar-refractivity contribution in [3.05, 3.63) is 21.4 Å². The van der Waals surface area contributed by atoms with Gasteiger partial charge in [-0.25, -0.2) is 0 Å². The molecule has 94 valence electrons. The summed E-state index contributed by atoms with van der Waals surface area (Å²) in [6.07, 6.45) is 0. The normalized spacial score (nSPS) is 14.1. The van der Waals surface area contributed by atoms with Crippen LogP contribution in [0.5, 0.6) is 0 Å². The molecule has 0 fully saturated rings. The second-order valence-corrected chi connectivity index (χ2v) is 6.15. The average molecular weight is 270 g/mol. The fraction of sp³-hybridized carbons (Fsp3) is 0.500. The van der Waals surface area contributed by atoms with Crippen LogP contribution in [0.2, 0.25) is 0 Å². The molecule has 0 spiro atoms. The molecular weight excluding hydrogens is 252 g/mol. The third kappa shape index (κ3) is 3.51. The number of hydrogen-bond donors (Lipinski definition) is 2. The van der Waals surface area contributed by atoms with E-state index in [9.17, 15) is 4.79 Å². The molecule has 3 N–H and O–H groups in total. The standard InChI is InChI=1S/C12H18N2OS2/c1-6-5-10(9(4)17-6)8(3)14-12(15)7(2)11(13)16/h5,7-8H,1-4H3,(H2,13,16)(H,14,15). The van der Waals surface area contributed by atoms with Crippen molar-refractivity contribution in [1.29, 1.82) is 0 Å². The van der Waals surface area contributed by atoms with Gasteiger partial charge in [0.15, 0.2) is 0 Å². The van der Waals surface area contributed by atoms with Crippen LogP contribution < -0.4 is 11.1 Å². The van der Waals surface area contributed by atoms with Crippen molar-refractivity contribution in [2.45, 2.75) is 33.7 Å². The fourth-order valence-electron chi connectivity index (χ4n) is 1.63. The van der Waals surface area contributed by atoms with E-state index < -0.39 is 5.92 Å². The Morgan fingerprint density at radius 2 is 2.06 bits per heavy atom. The van der Waals surface area contributed by atoms with E-state index in [2.05, 4.69) is 25.2 Å².